The van der Waals surface area contributed by atoms with E-state index in [4.69, 9.17) is 4.42 Å². The Morgan fingerprint density at radius 3 is 2.52 bits per heavy atom. The molecule has 0 aliphatic heterocycles. The SMILES string of the molecule is Cc1nc(-c2ccc(C(F)(F)F)cc2)n(CC(=O)NCc2ccco2)c(=O)c1CCO. The number of halogens is 3. The minimum absolute atomic E-state index is 0.0406. The van der Waals surface area contributed by atoms with Gasteiger partial charge in [0.25, 0.3) is 5.56 Å². The maximum absolute atomic E-state index is 13.0. The van der Waals surface area contributed by atoms with Gasteiger partial charge >= 0.3 is 6.18 Å². The number of nitrogens with zero attached hydrogens (tertiary/aromatic N) is 2. The number of alkyl halides is 3. The summed E-state index contributed by atoms with van der Waals surface area (Å²) in [5.41, 5.74) is -0.555. The lowest BCUT2D eigenvalue weighted by molar-refractivity contribution is -0.137. The van der Waals surface area contributed by atoms with Gasteiger partial charge in [0.2, 0.25) is 5.91 Å². The van der Waals surface area contributed by atoms with Gasteiger partial charge in [-0.1, -0.05) is 12.1 Å². The van der Waals surface area contributed by atoms with Crippen molar-refractivity contribution in [1.82, 2.24) is 14.9 Å². The summed E-state index contributed by atoms with van der Waals surface area (Å²) in [7, 11) is 0. The zero-order valence-electron chi connectivity index (χ0n) is 16.6. The highest BCUT2D eigenvalue weighted by molar-refractivity contribution is 5.76. The van der Waals surface area contributed by atoms with Gasteiger partial charge in [0.05, 0.1) is 18.4 Å². The number of aryl methyl sites for hydroxylation is 1. The third kappa shape index (κ3) is 5.21. The van der Waals surface area contributed by atoms with Crippen LogP contribution in [-0.2, 0) is 30.5 Å². The van der Waals surface area contributed by atoms with Crippen molar-refractivity contribution in [2.24, 2.45) is 0 Å². The van der Waals surface area contributed by atoms with E-state index in [1.54, 1.807) is 19.1 Å². The molecule has 3 aromatic rings. The average molecular weight is 435 g/mol. The number of amides is 1. The molecule has 10 heteroatoms. The summed E-state index contributed by atoms with van der Waals surface area (Å²) in [6.45, 7) is 0.990. The monoisotopic (exact) mass is 435 g/mol. The number of aliphatic hydroxyl groups is 1. The van der Waals surface area contributed by atoms with Crippen LogP contribution in [0, 0.1) is 6.92 Å². The van der Waals surface area contributed by atoms with Crippen LogP contribution in [0.25, 0.3) is 11.4 Å². The number of hydrogen-bond donors (Lipinski definition) is 2. The Morgan fingerprint density at radius 1 is 1.23 bits per heavy atom. The van der Waals surface area contributed by atoms with E-state index in [0.717, 1.165) is 16.7 Å². The third-order valence-corrected chi connectivity index (χ3v) is 4.64. The molecule has 0 radical (unpaired) electrons. The predicted molar refractivity (Wildman–Crippen MR) is 105 cm³/mol. The summed E-state index contributed by atoms with van der Waals surface area (Å²) >= 11 is 0. The first-order chi connectivity index (χ1) is 14.7. The van der Waals surface area contributed by atoms with Crippen molar-refractivity contribution in [2.75, 3.05) is 6.61 Å². The average Bonchev–Trinajstić information content (AvgIpc) is 3.25. The molecule has 2 N–H and O–H groups in total. The highest BCUT2D eigenvalue weighted by atomic mass is 19.4. The first-order valence-electron chi connectivity index (χ1n) is 9.38. The summed E-state index contributed by atoms with van der Waals surface area (Å²) in [4.78, 5) is 29.8. The van der Waals surface area contributed by atoms with Gasteiger partial charge in [-0.05, 0) is 31.2 Å². The summed E-state index contributed by atoms with van der Waals surface area (Å²) < 4.78 is 44.9. The first-order valence-corrected chi connectivity index (χ1v) is 9.38. The lowest BCUT2D eigenvalue weighted by Gasteiger charge is -2.16. The van der Waals surface area contributed by atoms with Crippen LogP contribution in [0.1, 0.15) is 22.6 Å². The number of rotatable bonds is 7. The molecule has 2 aromatic heterocycles. The topological polar surface area (TPSA) is 97.4 Å². The van der Waals surface area contributed by atoms with E-state index in [9.17, 15) is 27.9 Å². The quantitative estimate of drug-likeness (QED) is 0.595. The van der Waals surface area contributed by atoms with Crippen molar-refractivity contribution in [1.29, 1.82) is 0 Å². The minimum Gasteiger partial charge on any atom is -0.467 e. The van der Waals surface area contributed by atoms with Gasteiger partial charge in [0, 0.05) is 29.8 Å². The lowest BCUT2D eigenvalue weighted by Crippen LogP contribution is -2.35. The highest BCUT2D eigenvalue weighted by Gasteiger charge is 2.30. The minimum atomic E-state index is -4.50. The van der Waals surface area contributed by atoms with Crippen LogP contribution < -0.4 is 10.9 Å². The molecule has 0 unspecified atom stereocenters. The van der Waals surface area contributed by atoms with Gasteiger partial charge < -0.3 is 14.8 Å². The molecule has 0 saturated heterocycles. The van der Waals surface area contributed by atoms with Crippen LogP contribution in [0.3, 0.4) is 0 Å². The second kappa shape index (κ2) is 9.17. The zero-order valence-corrected chi connectivity index (χ0v) is 16.6. The number of nitrogens with one attached hydrogen (secondary N) is 1. The number of carbonyl (C=O) groups is 1. The fourth-order valence-electron chi connectivity index (χ4n) is 3.07. The molecule has 31 heavy (non-hydrogen) atoms. The number of benzene rings is 1. The molecule has 0 spiro atoms. The lowest BCUT2D eigenvalue weighted by atomic mass is 10.1. The molecule has 2 heterocycles. The number of aliphatic hydroxyl groups excluding tert-OH is 1. The molecule has 0 bridgehead atoms. The fraction of sp³-hybridized carbons (Fsp3) is 0.286. The standard InChI is InChI=1S/C21H20F3N3O4/c1-13-17(8-9-28)20(30)27(12-18(29)25-11-16-3-2-10-31-16)19(26-13)14-4-6-15(7-5-14)21(22,23)24/h2-7,10,28H,8-9,11-12H2,1H3,(H,25,29). The van der Waals surface area contributed by atoms with Crippen LogP contribution >= 0.6 is 0 Å². The molecule has 0 fully saturated rings. The Balaban J connectivity index is 1.97. The van der Waals surface area contributed by atoms with Gasteiger partial charge in [0.1, 0.15) is 18.1 Å². The van der Waals surface area contributed by atoms with Crippen molar-refractivity contribution in [3.63, 3.8) is 0 Å². The van der Waals surface area contributed by atoms with Crippen LogP contribution in [0.4, 0.5) is 13.2 Å². The molecule has 1 amide bonds. The van der Waals surface area contributed by atoms with E-state index in [0.29, 0.717) is 11.5 Å². The van der Waals surface area contributed by atoms with Gasteiger partial charge in [-0.25, -0.2) is 4.98 Å². The molecule has 164 valence electrons. The first kappa shape index (κ1) is 22.3. The van der Waals surface area contributed by atoms with Crippen LogP contribution in [0.2, 0.25) is 0 Å². The Bertz CT molecular complexity index is 1100. The van der Waals surface area contributed by atoms with Gasteiger partial charge in [0.15, 0.2) is 0 Å². The van der Waals surface area contributed by atoms with Gasteiger partial charge in [-0.3, -0.25) is 14.2 Å². The number of aromatic nitrogens is 2. The number of carbonyl (C=O) groups excluding carboxylic acids is 1. The Labute approximate surface area is 175 Å². The summed E-state index contributed by atoms with van der Waals surface area (Å²) in [6, 6.07) is 7.52. The predicted octanol–water partition coefficient (Wildman–Crippen LogP) is 2.68. The Kier molecular flexibility index (Phi) is 6.59. The summed E-state index contributed by atoms with van der Waals surface area (Å²) in [6.07, 6.45) is -3.00. The normalized spacial score (nSPS) is 11.5. The molecule has 0 atom stereocenters. The second-order valence-corrected chi connectivity index (χ2v) is 6.80. The van der Waals surface area contributed by atoms with Crippen molar-refractivity contribution < 1.29 is 27.5 Å². The highest BCUT2D eigenvalue weighted by Crippen LogP contribution is 2.30. The maximum atomic E-state index is 13.0. The third-order valence-electron chi connectivity index (χ3n) is 4.64. The molecule has 0 saturated carbocycles. The van der Waals surface area contributed by atoms with Gasteiger partial charge in [-0.2, -0.15) is 13.2 Å². The molecule has 3 rings (SSSR count). The molecule has 7 nitrogen and oxygen atoms in total. The Hall–Kier alpha value is -3.40. The Morgan fingerprint density at radius 2 is 1.94 bits per heavy atom. The molecular formula is C21H20F3N3O4. The van der Waals surface area contributed by atoms with Crippen LogP contribution in [-0.4, -0.2) is 27.2 Å². The van der Waals surface area contributed by atoms with E-state index in [1.165, 1.54) is 18.4 Å². The van der Waals surface area contributed by atoms with Crippen molar-refractivity contribution in [3.05, 3.63) is 75.6 Å². The van der Waals surface area contributed by atoms with Crippen molar-refractivity contribution in [2.45, 2.75) is 32.6 Å². The van der Waals surface area contributed by atoms with Gasteiger partial charge in [-0.15, -0.1) is 0 Å². The zero-order chi connectivity index (χ0) is 22.6. The smallest absolute Gasteiger partial charge is 0.416 e. The summed E-state index contributed by atoms with van der Waals surface area (Å²) in [5, 5.41) is 11.9. The van der Waals surface area contributed by atoms with E-state index in [-0.39, 0.29) is 36.5 Å². The second-order valence-electron chi connectivity index (χ2n) is 6.80. The largest absolute Gasteiger partial charge is 0.467 e. The van der Waals surface area contributed by atoms with Crippen molar-refractivity contribution in [3.8, 4) is 11.4 Å². The number of furan rings is 1. The van der Waals surface area contributed by atoms with E-state index in [1.807, 2.05) is 0 Å². The summed E-state index contributed by atoms with van der Waals surface area (Å²) in [5.74, 6) is 0.0741. The van der Waals surface area contributed by atoms with Crippen molar-refractivity contribution >= 4 is 5.91 Å². The van der Waals surface area contributed by atoms with E-state index >= 15 is 0 Å². The van der Waals surface area contributed by atoms with Crippen LogP contribution in [0.15, 0.2) is 51.9 Å². The van der Waals surface area contributed by atoms with Crippen LogP contribution in [0.5, 0.6) is 0 Å². The van der Waals surface area contributed by atoms with E-state index in [2.05, 4.69) is 10.3 Å². The number of hydrogen-bond acceptors (Lipinski definition) is 5. The maximum Gasteiger partial charge on any atom is 0.416 e. The fourth-order valence-corrected chi connectivity index (χ4v) is 3.07. The molecule has 0 aliphatic carbocycles. The van der Waals surface area contributed by atoms with E-state index < -0.39 is 29.8 Å². The molecule has 0 aliphatic rings. The molecular weight excluding hydrogens is 415 g/mol. The molecule has 1 aromatic carbocycles.